The average molecular weight is 393 g/mol. The Morgan fingerprint density at radius 1 is 1.04 bits per heavy atom. The van der Waals surface area contributed by atoms with Crippen molar-refractivity contribution in [1.29, 1.82) is 0 Å². The number of fused-ring (bicyclic) bond motifs is 1. The molecule has 6 nitrogen and oxygen atoms in total. The molecule has 0 amide bonds. The van der Waals surface area contributed by atoms with Crippen LogP contribution in [0.25, 0.3) is 16.9 Å². The molecule has 0 saturated heterocycles. The second-order valence-corrected chi connectivity index (χ2v) is 8.09. The Morgan fingerprint density at radius 3 is 2.50 bits per heavy atom. The van der Waals surface area contributed by atoms with Crippen LogP contribution in [0.5, 0.6) is 5.75 Å². The standard InChI is InChI=1S/C21H19N3O3S/c1-15-13-18(10-11-20(15)27-2)28(25,26)23-17-8-6-16(7-9-17)19-14-24-12-4-3-5-21(24)22-19/h3-14,23H,1-2H3. The van der Waals surface area contributed by atoms with Crippen molar-refractivity contribution in [3.8, 4) is 17.0 Å². The number of rotatable bonds is 5. The number of nitrogens with one attached hydrogen (secondary N) is 1. The van der Waals surface area contributed by atoms with E-state index in [1.165, 1.54) is 6.07 Å². The van der Waals surface area contributed by atoms with Crippen molar-refractivity contribution in [2.45, 2.75) is 11.8 Å². The number of ether oxygens (including phenoxy) is 1. The number of aromatic nitrogens is 2. The zero-order chi connectivity index (χ0) is 19.7. The summed E-state index contributed by atoms with van der Waals surface area (Å²) in [4.78, 5) is 4.76. The largest absolute Gasteiger partial charge is 0.496 e. The Hall–Kier alpha value is -3.32. The lowest BCUT2D eigenvalue weighted by Crippen LogP contribution is -2.13. The number of aryl methyl sites for hydroxylation is 1. The van der Waals surface area contributed by atoms with Crippen LogP contribution in [0.3, 0.4) is 0 Å². The summed E-state index contributed by atoms with van der Waals surface area (Å²) in [5.74, 6) is 0.649. The maximum Gasteiger partial charge on any atom is 0.261 e. The lowest BCUT2D eigenvalue weighted by Gasteiger charge is -2.11. The molecule has 4 rings (SSSR count). The van der Waals surface area contributed by atoms with E-state index >= 15 is 0 Å². The summed E-state index contributed by atoms with van der Waals surface area (Å²) in [5.41, 5.74) is 3.84. The van der Waals surface area contributed by atoms with Crippen molar-refractivity contribution in [3.63, 3.8) is 0 Å². The summed E-state index contributed by atoms with van der Waals surface area (Å²) >= 11 is 0. The highest BCUT2D eigenvalue weighted by molar-refractivity contribution is 7.92. The van der Waals surface area contributed by atoms with E-state index in [2.05, 4.69) is 9.71 Å². The molecule has 0 fully saturated rings. The molecule has 0 unspecified atom stereocenters. The van der Waals surface area contributed by atoms with E-state index in [4.69, 9.17) is 4.74 Å². The van der Waals surface area contributed by atoms with Crippen molar-refractivity contribution in [1.82, 2.24) is 9.38 Å². The van der Waals surface area contributed by atoms with Gasteiger partial charge in [-0.25, -0.2) is 13.4 Å². The zero-order valence-electron chi connectivity index (χ0n) is 15.5. The van der Waals surface area contributed by atoms with E-state index < -0.39 is 10.0 Å². The molecule has 4 aromatic rings. The highest BCUT2D eigenvalue weighted by atomic mass is 32.2. The summed E-state index contributed by atoms with van der Waals surface area (Å²) in [5, 5.41) is 0. The Morgan fingerprint density at radius 2 is 1.82 bits per heavy atom. The molecule has 2 aromatic carbocycles. The van der Waals surface area contributed by atoms with Gasteiger partial charge in [0, 0.05) is 23.6 Å². The predicted molar refractivity (Wildman–Crippen MR) is 109 cm³/mol. The van der Waals surface area contributed by atoms with Crippen LogP contribution in [-0.4, -0.2) is 24.9 Å². The van der Waals surface area contributed by atoms with Gasteiger partial charge in [-0.05, 0) is 55.0 Å². The number of nitrogens with zero attached hydrogens (tertiary/aromatic N) is 2. The molecule has 0 bridgehead atoms. The monoisotopic (exact) mass is 393 g/mol. The van der Waals surface area contributed by atoms with Gasteiger partial charge in [0.25, 0.3) is 10.0 Å². The smallest absolute Gasteiger partial charge is 0.261 e. The van der Waals surface area contributed by atoms with Gasteiger partial charge in [-0.2, -0.15) is 0 Å². The van der Waals surface area contributed by atoms with Crippen LogP contribution in [-0.2, 0) is 10.0 Å². The lowest BCUT2D eigenvalue weighted by molar-refractivity contribution is 0.411. The van der Waals surface area contributed by atoms with Crippen LogP contribution in [0.15, 0.2) is 78.0 Å². The summed E-state index contributed by atoms with van der Waals surface area (Å²) < 4.78 is 35.1. The first-order valence-corrected chi connectivity index (χ1v) is 10.2. The molecule has 0 aliphatic heterocycles. The van der Waals surface area contributed by atoms with Crippen LogP contribution >= 0.6 is 0 Å². The van der Waals surface area contributed by atoms with Gasteiger partial charge in [0.1, 0.15) is 11.4 Å². The van der Waals surface area contributed by atoms with E-state index in [-0.39, 0.29) is 4.90 Å². The molecular weight excluding hydrogens is 374 g/mol. The van der Waals surface area contributed by atoms with Crippen molar-refractivity contribution >= 4 is 21.4 Å². The number of methoxy groups -OCH3 is 1. The number of hydrogen-bond donors (Lipinski definition) is 1. The van der Waals surface area contributed by atoms with Crippen LogP contribution in [0.1, 0.15) is 5.56 Å². The van der Waals surface area contributed by atoms with Crippen molar-refractivity contribution in [3.05, 3.63) is 78.6 Å². The minimum atomic E-state index is -3.68. The Balaban J connectivity index is 1.57. The Labute approximate surface area is 163 Å². The summed E-state index contributed by atoms with van der Waals surface area (Å²) in [7, 11) is -2.13. The topological polar surface area (TPSA) is 72.7 Å². The van der Waals surface area contributed by atoms with E-state index in [9.17, 15) is 8.42 Å². The van der Waals surface area contributed by atoms with Crippen LogP contribution in [0.4, 0.5) is 5.69 Å². The SMILES string of the molecule is COc1ccc(S(=O)(=O)Nc2ccc(-c3cn4ccccc4n3)cc2)cc1C. The third kappa shape index (κ3) is 3.44. The van der Waals surface area contributed by atoms with Crippen LogP contribution in [0, 0.1) is 6.92 Å². The first-order chi connectivity index (χ1) is 13.5. The fourth-order valence-corrected chi connectivity index (χ4v) is 4.16. The van der Waals surface area contributed by atoms with Gasteiger partial charge in [0.05, 0.1) is 17.7 Å². The first kappa shape index (κ1) is 18.1. The fourth-order valence-electron chi connectivity index (χ4n) is 3.01. The number of anilines is 1. The van der Waals surface area contributed by atoms with Gasteiger partial charge in [0.2, 0.25) is 0 Å². The third-order valence-corrected chi connectivity index (χ3v) is 5.85. The molecule has 0 aliphatic carbocycles. The van der Waals surface area contributed by atoms with Gasteiger partial charge in [-0.3, -0.25) is 4.72 Å². The second kappa shape index (κ2) is 7.01. The summed E-state index contributed by atoms with van der Waals surface area (Å²) in [6.45, 7) is 1.81. The predicted octanol–water partition coefficient (Wildman–Crippen LogP) is 4.12. The third-order valence-electron chi connectivity index (χ3n) is 4.47. The van der Waals surface area contributed by atoms with Crippen molar-refractivity contribution in [2.75, 3.05) is 11.8 Å². The number of sulfonamides is 1. The zero-order valence-corrected chi connectivity index (χ0v) is 16.3. The molecule has 28 heavy (non-hydrogen) atoms. The number of hydrogen-bond acceptors (Lipinski definition) is 4. The number of pyridine rings is 1. The Bertz CT molecular complexity index is 1210. The maximum absolute atomic E-state index is 12.7. The second-order valence-electron chi connectivity index (χ2n) is 6.41. The molecule has 0 spiro atoms. The molecule has 0 atom stereocenters. The van der Waals surface area contributed by atoms with E-state index in [1.54, 1.807) is 31.4 Å². The molecule has 2 heterocycles. The van der Waals surface area contributed by atoms with Gasteiger partial charge in [0.15, 0.2) is 0 Å². The molecule has 0 radical (unpaired) electrons. The highest BCUT2D eigenvalue weighted by Gasteiger charge is 2.16. The number of benzene rings is 2. The Kier molecular flexibility index (Phi) is 4.52. The van der Waals surface area contributed by atoms with Crippen molar-refractivity contribution < 1.29 is 13.2 Å². The number of imidazole rings is 1. The minimum absolute atomic E-state index is 0.190. The van der Waals surface area contributed by atoms with E-state index in [0.29, 0.717) is 11.4 Å². The highest BCUT2D eigenvalue weighted by Crippen LogP contribution is 2.25. The van der Waals surface area contributed by atoms with Gasteiger partial charge in [-0.15, -0.1) is 0 Å². The quantitative estimate of drug-likeness (QED) is 0.554. The molecule has 7 heteroatoms. The van der Waals surface area contributed by atoms with Gasteiger partial charge < -0.3 is 9.14 Å². The summed E-state index contributed by atoms with van der Waals surface area (Å²) in [6.07, 6.45) is 3.87. The van der Waals surface area contributed by atoms with E-state index in [1.807, 2.05) is 54.0 Å². The fraction of sp³-hybridized carbons (Fsp3) is 0.0952. The minimum Gasteiger partial charge on any atom is -0.496 e. The normalized spacial score (nSPS) is 11.5. The molecule has 0 aliphatic rings. The molecule has 1 N–H and O–H groups in total. The average Bonchev–Trinajstić information content (AvgIpc) is 3.12. The van der Waals surface area contributed by atoms with Crippen LogP contribution in [0.2, 0.25) is 0 Å². The van der Waals surface area contributed by atoms with Crippen molar-refractivity contribution in [2.24, 2.45) is 0 Å². The maximum atomic E-state index is 12.7. The molecule has 0 saturated carbocycles. The molecular formula is C21H19N3O3S. The lowest BCUT2D eigenvalue weighted by atomic mass is 10.1. The summed E-state index contributed by atoms with van der Waals surface area (Å²) in [6, 6.07) is 17.7. The van der Waals surface area contributed by atoms with Gasteiger partial charge in [-0.1, -0.05) is 18.2 Å². The molecule has 2 aromatic heterocycles. The molecule has 142 valence electrons. The van der Waals surface area contributed by atoms with Gasteiger partial charge >= 0.3 is 0 Å². The van der Waals surface area contributed by atoms with E-state index in [0.717, 1.165) is 22.5 Å². The first-order valence-electron chi connectivity index (χ1n) is 8.68. The van der Waals surface area contributed by atoms with Crippen LogP contribution < -0.4 is 9.46 Å².